The highest BCUT2D eigenvalue weighted by molar-refractivity contribution is 9.10. The standard InChI is InChI=1S/C22H18BrClN2O/c23-17-12-10-16(11-13-17)22-25-19-7-2-3-8-20(19)26(22)14-5-15-27-21-9-4-1-6-18(21)24/h1-4,6-13H,5,14-15H2. The molecule has 0 N–H and O–H groups in total. The van der Waals surface area contributed by atoms with Gasteiger partial charge in [-0.3, -0.25) is 0 Å². The van der Waals surface area contributed by atoms with Gasteiger partial charge in [0.25, 0.3) is 0 Å². The second-order valence-corrected chi connectivity index (χ2v) is 7.54. The van der Waals surface area contributed by atoms with E-state index in [1.165, 1.54) is 0 Å². The number of para-hydroxylation sites is 3. The molecular formula is C22H18BrClN2O. The summed E-state index contributed by atoms with van der Waals surface area (Å²) in [7, 11) is 0. The number of rotatable bonds is 6. The Bertz CT molecular complexity index is 1060. The number of aryl methyl sites for hydroxylation is 1. The van der Waals surface area contributed by atoms with E-state index in [1.54, 1.807) is 0 Å². The molecule has 1 heterocycles. The first-order chi connectivity index (χ1) is 13.2. The Labute approximate surface area is 171 Å². The molecule has 0 fully saturated rings. The van der Waals surface area contributed by atoms with Gasteiger partial charge >= 0.3 is 0 Å². The SMILES string of the molecule is Clc1ccccc1OCCCn1c(-c2ccc(Br)cc2)nc2ccccc21. The molecule has 3 aromatic carbocycles. The van der Waals surface area contributed by atoms with Gasteiger partial charge in [-0.15, -0.1) is 0 Å². The van der Waals surface area contributed by atoms with Crippen LogP contribution >= 0.6 is 27.5 Å². The summed E-state index contributed by atoms with van der Waals surface area (Å²) in [6.07, 6.45) is 0.856. The number of hydrogen-bond donors (Lipinski definition) is 0. The minimum atomic E-state index is 0.593. The molecule has 0 aliphatic heterocycles. The van der Waals surface area contributed by atoms with Crippen molar-refractivity contribution in [3.8, 4) is 17.1 Å². The maximum Gasteiger partial charge on any atom is 0.141 e. The van der Waals surface area contributed by atoms with Gasteiger partial charge in [0.15, 0.2) is 0 Å². The van der Waals surface area contributed by atoms with E-state index in [2.05, 4.69) is 44.8 Å². The van der Waals surface area contributed by atoms with Crippen molar-refractivity contribution in [2.45, 2.75) is 13.0 Å². The molecule has 0 radical (unpaired) electrons. The van der Waals surface area contributed by atoms with Crippen LogP contribution in [-0.2, 0) is 6.54 Å². The topological polar surface area (TPSA) is 27.1 Å². The highest BCUT2D eigenvalue weighted by atomic mass is 79.9. The van der Waals surface area contributed by atoms with Crippen molar-refractivity contribution in [3.05, 3.63) is 82.3 Å². The zero-order valence-corrected chi connectivity index (χ0v) is 17.0. The van der Waals surface area contributed by atoms with E-state index in [0.717, 1.165) is 45.6 Å². The molecule has 4 aromatic rings. The summed E-state index contributed by atoms with van der Waals surface area (Å²) in [6, 6.07) is 24.0. The lowest BCUT2D eigenvalue weighted by Gasteiger charge is -2.11. The zero-order valence-electron chi connectivity index (χ0n) is 14.6. The summed E-state index contributed by atoms with van der Waals surface area (Å²) in [5.41, 5.74) is 3.23. The third kappa shape index (κ3) is 4.02. The van der Waals surface area contributed by atoms with Crippen molar-refractivity contribution in [3.63, 3.8) is 0 Å². The van der Waals surface area contributed by atoms with Crippen LogP contribution in [0.2, 0.25) is 5.02 Å². The zero-order chi connectivity index (χ0) is 18.6. The second kappa shape index (κ2) is 8.15. The Morgan fingerprint density at radius 3 is 2.48 bits per heavy atom. The first kappa shape index (κ1) is 18.1. The molecule has 136 valence electrons. The lowest BCUT2D eigenvalue weighted by atomic mass is 10.2. The van der Waals surface area contributed by atoms with Crippen molar-refractivity contribution in [1.29, 1.82) is 0 Å². The van der Waals surface area contributed by atoms with E-state index in [0.29, 0.717) is 11.6 Å². The third-order valence-corrected chi connectivity index (χ3v) is 5.22. The average Bonchev–Trinajstić information content (AvgIpc) is 3.06. The fraction of sp³-hybridized carbons (Fsp3) is 0.136. The van der Waals surface area contributed by atoms with Crippen LogP contribution < -0.4 is 4.74 Å². The summed E-state index contributed by atoms with van der Waals surface area (Å²) < 4.78 is 9.15. The van der Waals surface area contributed by atoms with Gasteiger partial charge in [-0.25, -0.2) is 4.98 Å². The molecular weight excluding hydrogens is 424 g/mol. The molecule has 0 aliphatic carbocycles. The molecule has 27 heavy (non-hydrogen) atoms. The van der Waals surface area contributed by atoms with E-state index in [4.69, 9.17) is 21.3 Å². The average molecular weight is 442 g/mol. The monoisotopic (exact) mass is 440 g/mol. The van der Waals surface area contributed by atoms with Crippen LogP contribution in [0.1, 0.15) is 6.42 Å². The molecule has 3 nitrogen and oxygen atoms in total. The number of nitrogens with zero attached hydrogens (tertiary/aromatic N) is 2. The van der Waals surface area contributed by atoms with Gasteiger partial charge in [0.2, 0.25) is 0 Å². The Morgan fingerprint density at radius 1 is 0.926 bits per heavy atom. The Kier molecular flexibility index (Phi) is 5.46. The lowest BCUT2D eigenvalue weighted by molar-refractivity contribution is 0.303. The van der Waals surface area contributed by atoms with Crippen molar-refractivity contribution >= 4 is 38.6 Å². The fourth-order valence-corrected chi connectivity index (χ4v) is 3.54. The van der Waals surface area contributed by atoms with Crippen LogP contribution in [0.4, 0.5) is 0 Å². The normalized spacial score (nSPS) is 11.0. The highest BCUT2D eigenvalue weighted by Crippen LogP contribution is 2.27. The summed E-state index contributed by atoms with van der Waals surface area (Å²) >= 11 is 9.65. The number of ether oxygens (including phenoxy) is 1. The predicted octanol–water partition coefficient (Wildman–Crippen LogP) is 6.59. The first-order valence-corrected chi connectivity index (χ1v) is 9.98. The number of hydrogen-bond acceptors (Lipinski definition) is 2. The van der Waals surface area contributed by atoms with E-state index in [1.807, 2.05) is 48.5 Å². The van der Waals surface area contributed by atoms with Gasteiger partial charge in [0.1, 0.15) is 11.6 Å². The molecule has 1 aromatic heterocycles. The number of aromatic nitrogens is 2. The minimum absolute atomic E-state index is 0.593. The molecule has 0 aliphatic rings. The maximum absolute atomic E-state index is 6.15. The second-order valence-electron chi connectivity index (χ2n) is 6.22. The molecule has 0 saturated heterocycles. The van der Waals surface area contributed by atoms with Crippen molar-refractivity contribution in [1.82, 2.24) is 9.55 Å². The van der Waals surface area contributed by atoms with Crippen molar-refractivity contribution in [2.75, 3.05) is 6.61 Å². The quantitative estimate of drug-likeness (QED) is 0.316. The van der Waals surface area contributed by atoms with Gasteiger partial charge in [0.05, 0.1) is 22.7 Å². The third-order valence-electron chi connectivity index (χ3n) is 4.38. The first-order valence-electron chi connectivity index (χ1n) is 8.81. The lowest BCUT2D eigenvalue weighted by Crippen LogP contribution is -2.06. The van der Waals surface area contributed by atoms with Gasteiger partial charge in [-0.2, -0.15) is 0 Å². The van der Waals surface area contributed by atoms with Crippen molar-refractivity contribution in [2.24, 2.45) is 0 Å². The van der Waals surface area contributed by atoms with Crippen LogP contribution in [0.5, 0.6) is 5.75 Å². The minimum Gasteiger partial charge on any atom is -0.492 e. The van der Waals surface area contributed by atoms with Crippen LogP contribution in [0.3, 0.4) is 0 Å². The van der Waals surface area contributed by atoms with Gasteiger partial charge in [-0.1, -0.05) is 63.9 Å². The van der Waals surface area contributed by atoms with Crippen LogP contribution in [-0.4, -0.2) is 16.2 Å². The molecule has 0 atom stereocenters. The summed E-state index contributed by atoms with van der Waals surface area (Å²) in [5, 5.41) is 0.640. The van der Waals surface area contributed by atoms with E-state index < -0.39 is 0 Å². The van der Waals surface area contributed by atoms with Crippen LogP contribution in [0.25, 0.3) is 22.4 Å². The van der Waals surface area contributed by atoms with Crippen LogP contribution in [0, 0.1) is 0 Å². The van der Waals surface area contributed by atoms with Gasteiger partial charge in [0, 0.05) is 16.6 Å². The number of imidazole rings is 1. The molecule has 0 saturated carbocycles. The van der Waals surface area contributed by atoms with E-state index in [-0.39, 0.29) is 0 Å². The Hall–Kier alpha value is -2.30. The van der Waals surface area contributed by atoms with Gasteiger partial charge < -0.3 is 9.30 Å². The number of halogens is 2. The maximum atomic E-state index is 6.15. The molecule has 0 bridgehead atoms. The van der Waals surface area contributed by atoms with Crippen molar-refractivity contribution < 1.29 is 4.74 Å². The molecule has 4 rings (SSSR count). The highest BCUT2D eigenvalue weighted by Gasteiger charge is 2.12. The fourth-order valence-electron chi connectivity index (χ4n) is 3.09. The largest absolute Gasteiger partial charge is 0.492 e. The molecule has 5 heteroatoms. The summed E-state index contributed by atoms with van der Waals surface area (Å²) in [4.78, 5) is 4.85. The summed E-state index contributed by atoms with van der Waals surface area (Å²) in [6.45, 7) is 1.41. The van der Waals surface area contributed by atoms with E-state index >= 15 is 0 Å². The van der Waals surface area contributed by atoms with Gasteiger partial charge in [-0.05, 0) is 42.8 Å². The molecule has 0 amide bonds. The molecule has 0 spiro atoms. The number of fused-ring (bicyclic) bond motifs is 1. The Morgan fingerprint density at radius 2 is 1.67 bits per heavy atom. The van der Waals surface area contributed by atoms with E-state index in [9.17, 15) is 0 Å². The molecule has 0 unspecified atom stereocenters. The van der Waals surface area contributed by atoms with Crippen LogP contribution in [0.15, 0.2) is 77.3 Å². The Balaban J connectivity index is 1.56. The predicted molar refractivity (Wildman–Crippen MR) is 114 cm³/mol. The summed E-state index contributed by atoms with van der Waals surface area (Å²) in [5.74, 6) is 1.70. The smallest absolute Gasteiger partial charge is 0.141 e. The number of benzene rings is 3.